The summed E-state index contributed by atoms with van der Waals surface area (Å²) in [5, 5.41) is 0.712. The van der Waals surface area contributed by atoms with E-state index in [4.69, 9.17) is 65.3 Å². The van der Waals surface area contributed by atoms with Crippen molar-refractivity contribution in [3.05, 3.63) is 33.3 Å². The van der Waals surface area contributed by atoms with Gasteiger partial charge in [0.25, 0.3) is 0 Å². The Bertz CT molecular complexity index is 1500. The molecule has 2 heterocycles. The van der Waals surface area contributed by atoms with Crippen molar-refractivity contribution in [3.63, 3.8) is 0 Å². The Morgan fingerprint density at radius 1 is 0.593 bits per heavy atom. The van der Waals surface area contributed by atoms with Crippen molar-refractivity contribution in [1.82, 2.24) is 15.0 Å². The molecule has 0 saturated heterocycles. The fraction of sp³-hybridized carbons (Fsp3) is 0.595. The zero-order valence-electron chi connectivity index (χ0n) is 30.8. The topological polar surface area (TPSA) is 183 Å². The maximum atomic E-state index is 6.28. The number of aromatic nitrogens is 3. The molecule has 300 valence electrons. The van der Waals surface area contributed by atoms with Crippen molar-refractivity contribution in [2.24, 2.45) is 0 Å². The van der Waals surface area contributed by atoms with Crippen molar-refractivity contribution in [1.29, 1.82) is 0 Å². The highest BCUT2D eigenvalue weighted by Crippen LogP contribution is 2.43. The Morgan fingerprint density at radius 2 is 1.06 bits per heavy atom. The molecular weight excluding hydrogens is 834 g/mol. The van der Waals surface area contributed by atoms with Crippen LogP contribution in [-0.4, -0.2) is 140 Å². The van der Waals surface area contributed by atoms with Gasteiger partial charge in [-0.15, -0.1) is 12.3 Å². The summed E-state index contributed by atoms with van der Waals surface area (Å²) in [5.74, 6) is 3.70. The molecule has 0 aliphatic heterocycles. The van der Waals surface area contributed by atoms with E-state index < -0.39 is 0 Å². The van der Waals surface area contributed by atoms with Gasteiger partial charge in [0.1, 0.15) is 18.2 Å². The molecule has 0 unspecified atom stereocenters. The summed E-state index contributed by atoms with van der Waals surface area (Å²) in [7, 11) is 0. The molecule has 17 heteroatoms. The minimum absolute atomic E-state index is 0.135. The van der Waals surface area contributed by atoms with Crippen LogP contribution in [0.25, 0.3) is 22.2 Å². The Morgan fingerprint density at radius 3 is 1.54 bits per heavy atom. The van der Waals surface area contributed by atoms with E-state index in [0.29, 0.717) is 147 Å². The summed E-state index contributed by atoms with van der Waals surface area (Å²) in [6.45, 7) is 9.45. The molecule has 3 rings (SSSR count). The molecule has 0 aliphatic rings. The van der Waals surface area contributed by atoms with Crippen LogP contribution < -0.4 is 16.2 Å². The van der Waals surface area contributed by atoms with Crippen molar-refractivity contribution in [3.8, 4) is 29.2 Å². The molecule has 0 spiro atoms. The van der Waals surface area contributed by atoms with Crippen LogP contribution in [0.1, 0.15) is 19.3 Å². The molecule has 0 radical (unpaired) electrons. The van der Waals surface area contributed by atoms with E-state index in [2.05, 4.69) is 52.7 Å². The Kier molecular flexibility index (Phi) is 25.0. The molecule has 0 fully saturated rings. The van der Waals surface area contributed by atoms with Gasteiger partial charge in [-0.2, -0.15) is 4.98 Å². The van der Waals surface area contributed by atoms with E-state index in [1.807, 2.05) is 18.2 Å². The summed E-state index contributed by atoms with van der Waals surface area (Å²) in [6, 6.07) is 5.61. The lowest BCUT2D eigenvalue weighted by atomic mass is 10.1. The molecule has 2 aromatic heterocycles. The Labute approximate surface area is 334 Å². The minimum Gasteiger partial charge on any atom is -0.490 e. The minimum atomic E-state index is 0.135. The van der Waals surface area contributed by atoms with Crippen LogP contribution in [0.3, 0.4) is 0 Å². The zero-order chi connectivity index (χ0) is 38.5. The third-order valence-corrected chi connectivity index (χ3v) is 8.71. The van der Waals surface area contributed by atoms with Gasteiger partial charge in [-0.1, -0.05) is 15.9 Å². The average Bonchev–Trinajstić information content (AvgIpc) is 3.16. The second kappa shape index (κ2) is 29.5. The summed E-state index contributed by atoms with van der Waals surface area (Å²) >= 11 is 7.27. The van der Waals surface area contributed by atoms with Gasteiger partial charge >= 0.3 is 0 Å². The van der Waals surface area contributed by atoms with Gasteiger partial charge < -0.3 is 58.8 Å². The maximum absolute atomic E-state index is 6.28. The SMILES string of the molecule is C#CCCCCOCCOCCOCCOCCOCCOCCOCCOCCOCCOc1ccc(Br)c(-c2cc3cnc(N)nc3nc2N)c1Br. The van der Waals surface area contributed by atoms with Gasteiger partial charge in [-0.25, -0.2) is 9.97 Å². The number of halogens is 2. The number of pyridine rings is 1. The lowest BCUT2D eigenvalue weighted by Gasteiger charge is -2.15. The smallest absolute Gasteiger partial charge is 0.222 e. The Balaban J connectivity index is 1.06. The lowest BCUT2D eigenvalue weighted by Crippen LogP contribution is -2.15. The molecule has 0 bridgehead atoms. The molecule has 0 amide bonds. The first-order valence-electron chi connectivity index (χ1n) is 17.9. The zero-order valence-corrected chi connectivity index (χ0v) is 33.9. The van der Waals surface area contributed by atoms with Gasteiger partial charge in [0.2, 0.25) is 5.95 Å². The summed E-state index contributed by atoms with van der Waals surface area (Å²) in [6.07, 6.45) is 9.61. The number of unbranched alkanes of at least 4 members (excludes halogenated alkanes) is 2. The number of nitrogen functional groups attached to an aromatic ring is 2. The third kappa shape index (κ3) is 19.2. The lowest BCUT2D eigenvalue weighted by molar-refractivity contribution is -0.0254. The summed E-state index contributed by atoms with van der Waals surface area (Å²) in [5.41, 5.74) is 13.9. The number of nitrogens with two attached hydrogens (primary N) is 2. The number of terminal acetylenes is 1. The quantitative estimate of drug-likeness (QED) is 0.0633. The number of fused-ring (bicyclic) bond motifs is 1. The number of nitrogens with zero attached hydrogens (tertiary/aromatic N) is 3. The number of anilines is 2. The third-order valence-electron chi connectivity index (χ3n) is 7.26. The normalized spacial score (nSPS) is 11.4. The molecule has 1 aromatic carbocycles. The maximum Gasteiger partial charge on any atom is 0.222 e. The highest BCUT2D eigenvalue weighted by molar-refractivity contribution is 9.11. The van der Waals surface area contributed by atoms with Gasteiger partial charge in [0.15, 0.2) is 5.65 Å². The van der Waals surface area contributed by atoms with Crippen molar-refractivity contribution >= 4 is 54.7 Å². The van der Waals surface area contributed by atoms with Crippen molar-refractivity contribution in [2.75, 3.05) is 137 Å². The molecule has 0 saturated carbocycles. The van der Waals surface area contributed by atoms with Crippen LogP contribution in [-0.2, 0) is 42.6 Å². The van der Waals surface area contributed by atoms with Crippen molar-refractivity contribution in [2.45, 2.75) is 19.3 Å². The fourth-order valence-electron chi connectivity index (χ4n) is 4.59. The van der Waals surface area contributed by atoms with Crippen LogP contribution in [0, 0.1) is 12.3 Å². The standard InChI is InChI=1S/C37H53Br2N5O10/c1-2-3-4-5-8-45-9-10-46-11-12-47-13-14-48-15-16-49-17-18-50-19-20-51-21-22-52-23-24-53-25-26-54-32-7-6-31(38)33(34(32)39)30-27-29-28-42-37(41)44-36(29)43-35(30)40/h1,6-7,27-28H,3-5,8-26H2,(H4,40,41,42,43,44). The number of hydrogen-bond donors (Lipinski definition) is 2. The van der Waals surface area contributed by atoms with Gasteiger partial charge in [-0.3, -0.25) is 0 Å². The first-order chi connectivity index (χ1) is 26.5. The van der Waals surface area contributed by atoms with E-state index >= 15 is 0 Å². The van der Waals surface area contributed by atoms with Gasteiger partial charge in [0.05, 0.1) is 117 Å². The predicted molar refractivity (Wildman–Crippen MR) is 213 cm³/mol. The van der Waals surface area contributed by atoms with Crippen LogP contribution in [0.15, 0.2) is 33.3 Å². The van der Waals surface area contributed by atoms with E-state index in [9.17, 15) is 0 Å². The second-order valence-corrected chi connectivity index (χ2v) is 13.0. The molecule has 0 atom stereocenters. The largest absolute Gasteiger partial charge is 0.490 e. The fourth-order valence-corrected chi connectivity index (χ4v) is 6.07. The van der Waals surface area contributed by atoms with Crippen LogP contribution in [0.4, 0.5) is 11.8 Å². The van der Waals surface area contributed by atoms with E-state index in [1.54, 1.807) is 6.20 Å². The van der Waals surface area contributed by atoms with Crippen LogP contribution >= 0.6 is 31.9 Å². The first kappa shape index (κ1) is 45.7. The van der Waals surface area contributed by atoms with Gasteiger partial charge in [-0.05, 0) is 47.0 Å². The summed E-state index contributed by atoms with van der Waals surface area (Å²) in [4.78, 5) is 12.6. The molecule has 3 aromatic rings. The molecule has 4 N–H and O–H groups in total. The van der Waals surface area contributed by atoms with E-state index in [-0.39, 0.29) is 5.95 Å². The van der Waals surface area contributed by atoms with Crippen molar-refractivity contribution < 1.29 is 47.4 Å². The first-order valence-corrected chi connectivity index (χ1v) is 19.5. The monoisotopic (exact) mass is 885 g/mol. The highest BCUT2D eigenvalue weighted by atomic mass is 79.9. The second-order valence-electron chi connectivity index (χ2n) is 11.3. The number of ether oxygens (including phenoxy) is 10. The molecule has 0 aliphatic carbocycles. The number of hydrogen-bond acceptors (Lipinski definition) is 15. The predicted octanol–water partition coefficient (Wildman–Crippen LogP) is 4.71. The molecule has 54 heavy (non-hydrogen) atoms. The Hall–Kier alpha value is -2.73. The number of rotatable bonds is 33. The van der Waals surface area contributed by atoms with Gasteiger partial charge in [0, 0.05) is 40.2 Å². The molecule has 15 nitrogen and oxygen atoms in total. The number of benzene rings is 1. The average molecular weight is 888 g/mol. The molecular formula is C37H53Br2N5O10. The van der Waals surface area contributed by atoms with E-state index in [1.165, 1.54) is 0 Å². The van der Waals surface area contributed by atoms with Crippen LogP contribution in [0.2, 0.25) is 0 Å². The van der Waals surface area contributed by atoms with E-state index in [0.717, 1.165) is 40.4 Å². The van der Waals surface area contributed by atoms with Crippen LogP contribution in [0.5, 0.6) is 5.75 Å². The highest BCUT2D eigenvalue weighted by Gasteiger charge is 2.17. The summed E-state index contributed by atoms with van der Waals surface area (Å²) < 4.78 is 57.2.